The molecule has 8 nitrogen and oxygen atoms in total. The van der Waals surface area contributed by atoms with Crippen LogP contribution in [-0.4, -0.2) is 71.4 Å². The first kappa shape index (κ1) is 24.4. The summed E-state index contributed by atoms with van der Waals surface area (Å²) in [5.41, 5.74) is -0.273. The topological polar surface area (TPSA) is 105 Å². The summed E-state index contributed by atoms with van der Waals surface area (Å²) in [5.74, 6) is -0.310. The van der Waals surface area contributed by atoms with E-state index >= 15 is 0 Å². The summed E-state index contributed by atoms with van der Waals surface area (Å²) in [4.78, 5) is 49.0. The Morgan fingerprint density at radius 3 is 2.50 bits per heavy atom. The van der Waals surface area contributed by atoms with Crippen LogP contribution in [0.3, 0.4) is 0 Å². The number of carbonyl (C=O) groups excluding carboxylic acids is 4. The van der Waals surface area contributed by atoms with Crippen LogP contribution in [0.15, 0.2) is 0 Å². The van der Waals surface area contributed by atoms with Crippen LogP contribution in [0.2, 0.25) is 0 Å². The fraction of sp³-hybridized carbons (Fsp3) is 0.789. The van der Waals surface area contributed by atoms with Crippen molar-refractivity contribution in [1.29, 1.82) is 0 Å². The lowest BCUT2D eigenvalue weighted by atomic mass is 10.1. The number of hydrogen-bond acceptors (Lipinski definition) is 6. The summed E-state index contributed by atoms with van der Waals surface area (Å²) >= 11 is 1.32. The van der Waals surface area contributed by atoms with Gasteiger partial charge in [-0.05, 0) is 34.1 Å². The fourth-order valence-corrected chi connectivity index (χ4v) is 3.98. The third-order valence-corrected chi connectivity index (χ3v) is 5.58. The summed E-state index contributed by atoms with van der Waals surface area (Å²) in [6, 6.07) is 0. The molecule has 9 heteroatoms. The number of likely N-dealkylation sites (tertiary alicyclic amines) is 1. The van der Waals surface area contributed by atoms with Crippen molar-refractivity contribution in [3.05, 3.63) is 0 Å². The number of rotatable bonds is 13. The van der Waals surface area contributed by atoms with Gasteiger partial charge in [0.25, 0.3) is 0 Å². The fourth-order valence-electron chi connectivity index (χ4n) is 2.86. The predicted molar refractivity (Wildman–Crippen MR) is 109 cm³/mol. The van der Waals surface area contributed by atoms with E-state index in [4.69, 9.17) is 4.74 Å². The molecular formula is C19H33N3O5S. The Morgan fingerprint density at radius 2 is 1.86 bits per heavy atom. The first-order valence-electron chi connectivity index (χ1n) is 9.83. The van der Waals surface area contributed by atoms with Crippen molar-refractivity contribution in [2.24, 2.45) is 0 Å². The molecule has 0 bridgehead atoms. The van der Waals surface area contributed by atoms with Gasteiger partial charge in [0.15, 0.2) is 0 Å². The molecule has 1 rings (SSSR count). The molecule has 1 aliphatic heterocycles. The standard InChI is InChI=1S/C19H33N3O5S/c1-5-20-15(23)7-11-22-17(25)13-14(18(22)26)28-12-8-16(24)21-10-9-19(3,4)27-6-2/h14H,5-13H2,1-4H3,(H,20,23)(H,21,24). The van der Waals surface area contributed by atoms with Gasteiger partial charge in [0.1, 0.15) is 0 Å². The van der Waals surface area contributed by atoms with Crippen LogP contribution in [0.25, 0.3) is 0 Å². The van der Waals surface area contributed by atoms with Crippen LogP contribution in [0, 0.1) is 0 Å². The normalized spacial score (nSPS) is 17.1. The molecule has 0 aromatic rings. The van der Waals surface area contributed by atoms with Crippen molar-refractivity contribution in [3.8, 4) is 0 Å². The van der Waals surface area contributed by atoms with Gasteiger partial charge in [-0.3, -0.25) is 24.1 Å². The average molecular weight is 416 g/mol. The highest BCUT2D eigenvalue weighted by atomic mass is 32.2. The predicted octanol–water partition coefficient (Wildman–Crippen LogP) is 1.08. The molecule has 0 radical (unpaired) electrons. The maximum atomic E-state index is 12.3. The van der Waals surface area contributed by atoms with Crippen LogP contribution < -0.4 is 10.6 Å². The van der Waals surface area contributed by atoms with Gasteiger partial charge in [-0.15, -0.1) is 11.8 Å². The number of nitrogens with one attached hydrogen (secondary N) is 2. The minimum Gasteiger partial charge on any atom is -0.376 e. The van der Waals surface area contributed by atoms with Gasteiger partial charge < -0.3 is 15.4 Å². The Morgan fingerprint density at radius 1 is 1.18 bits per heavy atom. The lowest BCUT2D eigenvalue weighted by molar-refractivity contribution is -0.138. The van der Waals surface area contributed by atoms with E-state index in [1.54, 1.807) is 0 Å². The zero-order valence-corrected chi connectivity index (χ0v) is 18.2. The van der Waals surface area contributed by atoms with Crippen LogP contribution in [0.5, 0.6) is 0 Å². The minimum atomic E-state index is -0.466. The van der Waals surface area contributed by atoms with Crippen molar-refractivity contribution in [2.45, 2.75) is 64.2 Å². The van der Waals surface area contributed by atoms with Crippen LogP contribution in [-0.2, 0) is 23.9 Å². The molecule has 4 amide bonds. The third kappa shape index (κ3) is 8.60. The monoisotopic (exact) mass is 415 g/mol. The van der Waals surface area contributed by atoms with Crippen molar-refractivity contribution < 1.29 is 23.9 Å². The number of hydrogen-bond donors (Lipinski definition) is 2. The van der Waals surface area contributed by atoms with E-state index in [-0.39, 0.29) is 55.0 Å². The lowest BCUT2D eigenvalue weighted by Gasteiger charge is -2.24. The molecular weight excluding hydrogens is 382 g/mol. The highest BCUT2D eigenvalue weighted by molar-refractivity contribution is 8.00. The summed E-state index contributed by atoms with van der Waals surface area (Å²) in [6.45, 7) is 9.51. The summed E-state index contributed by atoms with van der Waals surface area (Å²) in [5, 5.41) is 5.04. The number of amides is 4. The largest absolute Gasteiger partial charge is 0.376 e. The average Bonchev–Trinajstić information content (AvgIpc) is 2.86. The molecule has 1 fully saturated rings. The number of imide groups is 1. The van der Waals surface area contributed by atoms with Crippen molar-refractivity contribution in [2.75, 3.05) is 32.0 Å². The Kier molecular flexibility index (Phi) is 10.5. The van der Waals surface area contributed by atoms with Gasteiger partial charge in [-0.25, -0.2) is 0 Å². The van der Waals surface area contributed by atoms with Crippen LogP contribution in [0.4, 0.5) is 0 Å². The molecule has 1 heterocycles. The molecule has 160 valence electrons. The third-order valence-electron chi connectivity index (χ3n) is 4.37. The number of thioether (sulfide) groups is 1. The molecule has 0 aromatic carbocycles. The number of nitrogens with zero attached hydrogens (tertiary/aromatic N) is 1. The van der Waals surface area contributed by atoms with Crippen molar-refractivity contribution in [1.82, 2.24) is 15.5 Å². The van der Waals surface area contributed by atoms with Gasteiger partial charge in [-0.1, -0.05) is 0 Å². The zero-order chi connectivity index (χ0) is 21.2. The van der Waals surface area contributed by atoms with E-state index in [1.807, 2.05) is 27.7 Å². The Bertz CT molecular complexity index is 568. The minimum absolute atomic E-state index is 0.0790. The molecule has 2 N–H and O–H groups in total. The van der Waals surface area contributed by atoms with Gasteiger partial charge in [0, 0.05) is 51.3 Å². The van der Waals surface area contributed by atoms with E-state index in [1.165, 1.54) is 11.8 Å². The maximum absolute atomic E-state index is 12.3. The van der Waals surface area contributed by atoms with Crippen molar-refractivity contribution in [3.63, 3.8) is 0 Å². The molecule has 0 spiro atoms. The lowest BCUT2D eigenvalue weighted by Crippen LogP contribution is -2.35. The molecule has 1 saturated heterocycles. The number of carbonyl (C=O) groups is 4. The Balaban J connectivity index is 2.28. The van der Waals surface area contributed by atoms with Crippen LogP contribution >= 0.6 is 11.8 Å². The first-order valence-corrected chi connectivity index (χ1v) is 10.9. The molecule has 1 unspecified atom stereocenters. The van der Waals surface area contributed by atoms with Gasteiger partial charge in [0.2, 0.25) is 23.6 Å². The molecule has 1 atom stereocenters. The second kappa shape index (κ2) is 12.1. The maximum Gasteiger partial charge on any atom is 0.242 e. The van der Waals surface area contributed by atoms with E-state index in [2.05, 4.69) is 10.6 Å². The highest BCUT2D eigenvalue weighted by Gasteiger charge is 2.38. The molecule has 0 aliphatic carbocycles. The molecule has 0 aromatic heterocycles. The van der Waals surface area contributed by atoms with Gasteiger partial charge in [0.05, 0.1) is 10.9 Å². The quantitative estimate of drug-likeness (QED) is 0.436. The second-order valence-electron chi connectivity index (χ2n) is 7.19. The summed E-state index contributed by atoms with van der Waals surface area (Å²) in [6.07, 6.45) is 1.25. The SMILES string of the molecule is CCNC(=O)CCN1C(=O)CC(SCCC(=O)NCCC(C)(C)OCC)C1=O. The smallest absolute Gasteiger partial charge is 0.242 e. The Labute approximate surface area is 171 Å². The molecule has 28 heavy (non-hydrogen) atoms. The number of ether oxygens (including phenoxy) is 1. The highest BCUT2D eigenvalue weighted by Crippen LogP contribution is 2.25. The van der Waals surface area contributed by atoms with E-state index in [0.717, 1.165) is 11.3 Å². The van der Waals surface area contributed by atoms with E-state index < -0.39 is 5.25 Å². The van der Waals surface area contributed by atoms with E-state index in [9.17, 15) is 19.2 Å². The molecule has 0 saturated carbocycles. The summed E-state index contributed by atoms with van der Waals surface area (Å²) < 4.78 is 5.59. The van der Waals surface area contributed by atoms with Gasteiger partial charge >= 0.3 is 0 Å². The Hall–Kier alpha value is -1.61. The first-order chi connectivity index (χ1) is 13.2. The zero-order valence-electron chi connectivity index (χ0n) is 17.3. The van der Waals surface area contributed by atoms with Gasteiger partial charge in [-0.2, -0.15) is 0 Å². The molecule has 1 aliphatic rings. The summed E-state index contributed by atoms with van der Waals surface area (Å²) in [7, 11) is 0. The van der Waals surface area contributed by atoms with Crippen molar-refractivity contribution >= 4 is 35.4 Å². The second-order valence-corrected chi connectivity index (χ2v) is 8.50. The van der Waals surface area contributed by atoms with Crippen LogP contribution in [0.1, 0.15) is 53.4 Å². The van der Waals surface area contributed by atoms with E-state index in [0.29, 0.717) is 25.4 Å².